The monoisotopic (exact) mass is 332 g/mol. The molecule has 0 unspecified atom stereocenters. The van der Waals surface area contributed by atoms with Crippen molar-refractivity contribution < 1.29 is 8.42 Å². The summed E-state index contributed by atoms with van der Waals surface area (Å²) in [5, 5.41) is 5.20. The molecule has 2 N–H and O–H groups in total. The van der Waals surface area contributed by atoms with Gasteiger partial charge in [-0.2, -0.15) is 0 Å². The lowest BCUT2D eigenvalue weighted by Crippen LogP contribution is -2.16. The standard InChI is InChI=1S/C12H13ClN2O3S2/c1-20(17,18)11-4-2-3-10(13)9(11)6-14-5-8-7-19-12(16)15-8/h2-4,7,14H,5-6H2,1H3,(H,15,16). The smallest absolute Gasteiger partial charge is 0.304 e. The Hall–Kier alpha value is -1.15. The van der Waals surface area contributed by atoms with Crippen molar-refractivity contribution in [2.45, 2.75) is 18.0 Å². The van der Waals surface area contributed by atoms with Crippen molar-refractivity contribution in [3.8, 4) is 0 Å². The molecule has 0 fully saturated rings. The van der Waals surface area contributed by atoms with Gasteiger partial charge in [0.15, 0.2) is 9.84 Å². The van der Waals surface area contributed by atoms with Gasteiger partial charge in [-0.3, -0.25) is 4.79 Å². The van der Waals surface area contributed by atoms with Crippen LogP contribution in [0, 0.1) is 0 Å². The topological polar surface area (TPSA) is 79.0 Å². The zero-order valence-electron chi connectivity index (χ0n) is 10.6. The Morgan fingerprint density at radius 1 is 1.35 bits per heavy atom. The van der Waals surface area contributed by atoms with Crippen molar-refractivity contribution in [1.29, 1.82) is 0 Å². The van der Waals surface area contributed by atoms with E-state index in [-0.39, 0.29) is 9.77 Å². The van der Waals surface area contributed by atoms with Crippen LogP contribution in [0.4, 0.5) is 0 Å². The van der Waals surface area contributed by atoms with Crippen LogP contribution in [-0.4, -0.2) is 19.7 Å². The van der Waals surface area contributed by atoms with E-state index in [0.29, 0.717) is 23.7 Å². The van der Waals surface area contributed by atoms with E-state index in [1.807, 2.05) is 0 Å². The third kappa shape index (κ3) is 3.69. The van der Waals surface area contributed by atoms with E-state index in [1.165, 1.54) is 6.07 Å². The average Bonchev–Trinajstić information content (AvgIpc) is 2.76. The highest BCUT2D eigenvalue weighted by Crippen LogP contribution is 2.23. The fourth-order valence-corrected chi connectivity index (χ4v) is 3.61. The second kappa shape index (κ2) is 6.09. The molecule has 20 heavy (non-hydrogen) atoms. The molecule has 0 aliphatic rings. The molecule has 0 aliphatic heterocycles. The summed E-state index contributed by atoms with van der Waals surface area (Å²) in [4.78, 5) is 13.8. The quantitative estimate of drug-likeness (QED) is 0.874. The maximum Gasteiger partial charge on any atom is 0.304 e. The Morgan fingerprint density at radius 2 is 2.10 bits per heavy atom. The van der Waals surface area contributed by atoms with Crippen LogP contribution in [0.2, 0.25) is 5.02 Å². The van der Waals surface area contributed by atoms with Crippen LogP contribution >= 0.6 is 22.9 Å². The highest BCUT2D eigenvalue weighted by atomic mass is 35.5. The third-order valence-electron chi connectivity index (χ3n) is 2.66. The van der Waals surface area contributed by atoms with Crippen LogP contribution in [0.1, 0.15) is 11.3 Å². The van der Waals surface area contributed by atoms with Crippen molar-refractivity contribution in [3.05, 3.63) is 49.5 Å². The first-order valence-electron chi connectivity index (χ1n) is 5.73. The van der Waals surface area contributed by atoms with Crippen LogP contribution < -0.4 is 10.2 Å². The van der Waals surface area contributed by atoms with Crippen LogP contribution in [-0.2, 0) is 22.9 Å². The van der Waals surface area contributed by atoms with Gasteiger partial charge < -0.3 is 10.3 Å². The minimum atomic E-state index is -3.33. The number of H-pyrrole nitrogens is 1. The molecule has 2 aromatic rings. The van der Waals surface area contributed by atoms with Crippen molar-refractivity contribution in [1.82, 2.24) is 10.3 Å². The fourth-order valence-electron chi connectivity index (χ4n) is 1.78. The van der Waals surface area contributed by atoms with Gasteiger partial charge in [0.2, 0.25) is 0 Å². The van der Waals surface area contributed by atoms with Crippen molar-refractivity contribution in [2.24, 2.45) is 0 Å². The minimum Gasteiger partial charge on any atom is -0.315 e. The predicted molar refractivity (Wildman–Crippen MR) is 80.0 cm³/mol. The van der Waals surface area contributed by atoms with E-state index in [2.05, 4.69) is 10.3 Å². The van der Waals surface area contributed by atoms with Gasteiger partial charge in [-0.05, 0) is 12.1 Å². The van der Waals surface area contributed by atoms with E-state index in [4.69, 9.17) is 11.6 Å². The predicted octanol–water partition coefficient (Wildman–Crippen LogP) is 1.78. The van der Waals surface area contributed by atoms with Gasteiger partial charge in [0.05, 0.1) is 4.90 Å². The summed E-state index contributed by atoms with van der Waals surface area (Å²) in [5.41, 5.74) is 1.29. The van der Waals surface area contributed by atoms with E-state index >= 15 is 0 Å². The molecule has 0 aliphatic carbocycles. The van der Waals surface area contributed by atoms with Gasteiger partial charge in [0, 0.05) is 41.0 Å². The summed E-state index contributed by atoms with van der Waals surface area (Å²) in [7, 11) is -3.33. The largest absolute Gasteiger partial charge is 0.315 e. The van der Waals surface area contributed by atoms with Crippen molar-refractivity contribution >= 4 is 32.8 Å². The van der Waals surface area contributed by atoms with Gasteiger partial charge in [-0.1, -0.05) is 29.0 Å². The summed E-state index contributed by atoms with van der Waals surface area (Å²) in [6, 6.07) is 4.79. The number of nitrogens with one attached hydrogen (secondary N) is 2. The lowest BCUT2D eigenvalue weighted by molar-refractivity contribution is 0.598. The second-order valence-corrected chi connectivity index (χ2v) is 7.50. The Morgan fingerprint density at radius 3 is 2.70 bits per heavy atom. The second-order valence-electron chi connectivity index (χ2n) is 4.27. The maximum absolute atomic E-state index is 11.7. The first kappa shape index (κ1) is 15.2. The van der Waals surface area contributed by atoms with Crippen LogP contribution in [0.15, 0.2) is 33.3 Å². The molecule has 5 nitrogen and oxygen atoms in total. The molecule has 0 bridgehead atoms. The number of halogens is 1. The Labute approximate surface area is 125 Å². The van der Waals surface area contributed by atoms with Gasteiger partial charge >= 0.3 is 4.87 Å². The SMILES string of the molecule is CS(=O)(=O)c1cccc(Cl)c1CNCc1csc(=O)[nH]1. The third-order valence-corrected chi connectivity index (χ3v) is 4.92. The summed E-state index contributed by atoms with van der Waals surface area (Å²) in [6.45, 7) is 0.743. The highest BCUT2D eigenvalue weighted by Gasteiger charge is 2.15. The lowest BCUT2D eigenvalue weighted by atomic mass is 10.2. The normalized spacial score (nSPS) is 11.7. The van der Waals surface area contributed by atoms with E-state index in [0.717, 1.165) is 23.3 Å². The Balaban J connectivity index is 2.15. The van der Waals surface area contributed by atoms with Crippen molar-refractivity contribution in [2.75, 3.05) is 6.26 Å². The van der Waals surface area contributed by atoms with Crippen LogP contribution in [0.3, 0.4) is 0 Å². The highest BCUT2D eigenvalue weighted by molar-refractivity contribution is 7.90. The molecule has 108 valence electrons. The molecule has 0 saturated carbocycles. The molecule has 0 amide bonds. The van der Waals surface area contributed by atoms with Gasteiger partial charge in [-0.15, -0.1) is 0 Å². The summed E-state index contributed by atoms with van der Waals surface area (Å²) in [5.74, 6) is 0. The zero-order valence-corrected chi connectivity index (χ0v) is 13.0. The molecular formula is C12H13ClN2O3S2. The van der Waals surface area contributed by atoms with Crippen molar-refractivity contribution in [3.63, 3.8) is 0 Å². The fraction of sp³-hybridized carbons (Fsp3) is 0.250. The van der Waals surface area contributed by atoms with Gasteiger partial charge in [-0.25, -0.2) is 8.42 Å². The lowest BCUT2D eigenvalue weighted by Gasteiger charge is -2.10. The Kier molecular flexibility index (Phi) is 4.64. The molecule has 0 radical (unpaired) electrons. The van der Waals surface area contributed by atoms with Crippen LogP contribution in [0.5, 0.6) is 0 Å². The molecule has 2 rings (SSSR count). The molecule has 1 aromatic carbocycles. The summed E-state index contributed by atoms with van der Waals surface area (Å²) >= 11 is 7.15. The van der Waals surface area contributed by atoms with E-state index in [9.17, 15) is 13.2 Å². The molecule has 1 aromatic heterocycles. The number of benzene rings is 1. The number of hydrogen-bond acceptors (Lipinski definition) is 5. The number of hydrogen-bond donors (Lipinski definition) is 2. The summed E-state index contributed by atoms with van der Waals surface area (Å²) in [6.07, 6.45) is 1.15. The maximum atomic E-state index is 11.7. The molecule has 0 spiro atoms. The number of sulfone groups is 1. The first-order chi connectivity index (χ1) is 9.38. The zero-order chi connectivity index (χ0) is 14.8. The van der Waals surface area contributed by atoms with Crippen LogP contribution in [0.25, 0.3) is 0 Å². The summed E-state index contributed by atoms with van der Waals surface area (Å²) < 4.78 is 23.4. The van der Waals surface area contributed by atoms with E-state index in [1.54, 1.807) is 17.5 Å². The van der Waals surface area contributed by atoms with Gasteiger partial charge in [0.25, 0.3) is 0 Å². The number of aromatic amines is 1. The first-order valence-corrected chi connectivity index (χ1v) is 8.87. The van der Waals surface area contributed by atoms with E-state index < -0.39 is 9.84 Å². The molecule has 0 saturated heterocycles. The molecular weight excluding hydrogens is 320 g/mol. The molecule has 1 heterocycles. The molecule has 8 heteroatoms. The number of thiazole rings is 1. The minimum absolute atomic E-state index is 0.114. The Bertz CT molecular complexity index is 765. The van der Waals surface area contributed by atoms with Gasteiger partial charge in [0.1, 0.15) is 0 Å². The average molecular weight is 333 g/mol. The number of rotatable bonds is 5. The molecule has 0 atom stereocenters. The number of aromatic nitrogens is 1.